The quantitative estimate of drug-likeness (QED) is 0.839. The summed E-state index contributed by atoms with van der Waals surface area (Å²) < 4.78 is 0. The van der Waals surface area contributed by atoms with Crippen LogP contribution in [0.3, 0.4) is 0 Å². The first-order chi connectivity index (χ1) is 8.25. The Labute approximate surface area is 105 Å². The van der Waals surface area contributed by atoms with Crippen molar-refractivity contribution in [1.82, 2.24) is 5.32 Å². The van der Waals surface area contributed by atoms with Crippen LogP contribution in [0.4, 0.5) is 5.69 Å². The van der Waals surface area contributed by atoms with Crippen molar-refractivity contribution >= 4 is 5.69 Å². The van der Waals surface area contributed by atoms with E-state index in [9.17, 15) is 0 Å². The fourth-order valence-electron chi connectivity index (χ4n) is 2.51. The van der Waals surface area contributed by atoms with Crippen LogP contribution >= 0.6 is 0 Å². The first-order valence-corrected chi connectivity index (χ1v) is 6.77. The molecule has 1 fully saturated rings. The second-order valence-corrected chi connectivity index (χ2v) is 5.19. The summed E-state index contributed by atoms with van der Waals surface area (Å²) >= 11 is 0. The molecule has 1 saturated heterocycles. The molecule has 1 aromatic carbocycles. The maximum atomic E-state index is 3.56. The van der Waals surface area contributed by atoms with E-state index < -0.39 is 0 Å². The number of benzene rings is 1. The number of anilines is 1. The molecule has 1 aliphatic heterocycles. The van der Waals surface area contributed by atoms with Gasteiger partial charge in [0.2, 0.25) is 0 Å². The summed E-state index contributed by atoms with van der Waals surface area (Å²) in [4.78, 5) is 2.36. The maximum Gasteiger partial charge on any atom is 0.0363 e. The van der Waals surface area contributed by atoms with Crippen molar-refractivity contribution in [3.63, 3.8) is 0 Å². The molecular weight excluding hydrogens is 208 g/mol. The zero-order chi connectivity index (χ0) is 12.1. The van der Waals surface area contributed by atoms with E-state index in [-0.39, 0.29) is 0 Å². The lowest BCUT2D eigenvalue weighted by Gasteiger charge is -2.20. The first kappa shape index (κ1) is 12.4. The molecule has 0 aliphatic carbocycles. The van der Waals surface area contributed by atoms with Gasteiger partial charge in [-0.2, -0.15) is 0 Å². The number of hydrogen-bond donors (Lipinski definition) is 1. The minimum absolute atomic E-state index is 0.779. The number of hydrogen-bond acceptors (Lipinski definition) is 2. The van der Waals surface area contributed by atoms with E-state index in [1.54, 1.807) is 0 Å². The second kappa shape index (κ2) is 6.06. The van der Waals surface area contributed by atoms with E-state index in [1.807, 2.05) is 0 Å². The molecule has 1 heterocycles. The standard InChI is InChI=1S/C15H24N2/c1-13-7-9-15(10-8-13)17(2)12-4-6-14-5-3-11-16-14/h7-10,14,16H,3-6,11-12H2,1-2H3. The topological polar surface area (TPSA) is 15.3 Å². The van der Waals surface area contributed by atoms with Gasteiger partial charge in [0, 0.05) is 25.3 Å². The lowest BCUT2D eigenvalue weighted by Crippen LogP contribution is -2.24. The van der Waals surface area contributed by atoms with Crippen LogP contribution in [0.25, 0.3) is 0 Å². The Morgan fingerprint density at radius 3 is 2.71 bits per heavy atom. The highest BCUT2D eigenvalue weighted by molar-refractivity contribution is 5.46. The summed E-state index contributed by atoms with van der Waals surface area (Å²) in [7, 11) is 2.19. The average molecular weight is 232 g/mol. The third-order valence-electron chi connectivity index (χ3n) is 3.68. The van der Waals surface area contributed by atoms with Crippen molar-refractivity contribution < 1.29 is 0 Å². The molecule has 2 nitrogen and oxygen atoms in total. The van der Waals surface area contributed by atoms with Crippen molar-refractivity contribution in [3.8, 4) is 0 Å². The summed E-state index contributed by atoms with van der Waals surface area (Å²) in [6, 6.07) is 9.57. The van der Waals surface area contributed by atoms with Gasteiger partial charge in [0.05, 0.1) is 0 Å². The van der Waals surface area contributed by atoms with Gasteiger partial charge in [-0.3, -0.25) is 0 Å². The number of rotatable bonds is 5. The molecular formula is C15H24N2. The highest BCUT2D eigenvalue weighted by Gasteiger charge is 2.13. The van der Waals surface area contributed by atoms with E-state index in [0.717, 1.165) is 12.6 Å². The molecule has 1 aliphatic rings. The largest absolute Gasteiger partial charge is 0.375 e. The van der Waals surface area contributed by atoms with Gasteiger partial charge in [-0.25, -0.2) is 0 Å². The van der Waals surface area contributed by atoms with E-state index >= 15 is 0 Å². The van der Waals surface area contributed by atoms with Crippen molar-refractivity contribution in [3.05, 3.63) is 29.8 Å². The lowest BCUT2D eigenvalue weighted by atomic mass is 10.1. The van der Waals surface area contributed by atoms with Crippen molar-refractivity contribution in [2.24, 2.45) is 0 Å². The molecule has 17 heavy (non-hydrogen) atoms. The van der Waals surface area contributed by atoms with Crippen molar-refractivity contribution in [1.29, 1.82) is 0 Å². The third-order valence-corrected chi connectivity index (χ3v) is 3.68. The summed E-state index contributed by atoms with van der Waals surface area (Å²) in [5, 5.41) is 3.56. The summed E-state index contributed by atoms with van der Waals surface area (Å²) in [5.74, 6) is 0. The molecule has 0 saturated carbocycles. The lowest BCUT2D eigenvalue weighted by molar-refractivity contribution is 0.536. The molecule has 2 rings (SSSR count). The molecule has 1 aromatic rings. The van der Waals surface area contributed by atoms with Crippen LogP contribution in [0.5, 0.6) is 0 Å². The minimum atomic E-state index is 0.779. The monoisotopic (exact) mass is 232 g/mol. The smallest absolute Gasteiger partial charge is 0.0363 e. The minimum Gasteiger partial charge on any atom is -0.375 e. The Bertz CT molecular complexity index is 325. The van der Waals surface area contributed by atoms with Crippen LogP contribution in [0, 0.1) is 6.92 Å². The predicted molar refractivity (Wildman–Crippen MR) is 74.7 cm³/mol. The SMILES string of the molecule is Cc1ccc(N(C)CCCC2CCCN2)cc1. The van der Waals surface area contributed by atoms with Gasteiger partial charge in [0.25, 0.3) is 0 Å². The highest BCUT2D eigenvalue weighted by atomic mass is 15.1. The van der Waals surface area contributed by atoms with Crippen LogP contribution in [-0.2, 0) is 0 Å². The molecule has 0 aromatic heterocycles. The molecule has 0 bridgehead atoms. The molecule has 1 unspecified atom stereocenters. The zero-order valence-electron chi connectivity index (χ0n) is 11.1. The summed E-state index contributed by atoms with van der Waals surface area (Å²) in [6.07, 6.45) is 5.32. The first-order valence-electron chi connectivity index (χ1n) is 6.77. The van der Waals surface area contributed by atoms with E-state index in [2.05, 4.69) is 48.5 Å². The van der Waals surface area contributed by atoms with Crippen LogP contribution in [-0.4, -0.2) is 26.2 Å². The Balaban J connectivity index is 1.72. The van der Waals surface area contributed by atoms with Gasteiger partial charge < -0.3 is 10.2 Å². The fraction of sp³-hybridized carbons (Fsp3) is 0.600. The van der Waals surface area contributed by atoms with Gasteiger partial charge >= 0.3 is 0 Å². The normalized spacial score (nSPS) is 19.5. The number of aryl methyl sites for hydroxylation is 1. The number of nitrogens with one attached hydrogen (secondary N) is 1. The molecule has 1 N–H and O–H groups in total. The second-order valence-electron chi connectivity index (χ2n) is 5.19. The fourth-order valence-corrected chi connectivity index (χ4v) is 2.51. The van der Waals surface area contributed by atoms with Gasteiger partial charge in [-0.15, -0.1) is 0 Å². The van der Waals surface area contributed by atoms with E-state index in [4.69, 9.17) is 0 Å². The summed E-state index contributed by atoms with van der Waals surface area (Å²) in [6.45, 7) is 4.51. The van der Waals surface area contributed by atoms with Crippen LogP contribution in [0.15, 0.2) is 24.3 Å². The molecule has 0 spiro atoms. The maximum absolute atomic E-state index is 3.56. The van der Waals surface area contributed by atoms with Gasteiger partial charge in [-0.1, -0.05) is 17.7 Å². The average Bonchev–Trinajstić information content (AvgIpc) is 2.83. The van der Waals surface area contributed by atoms with Crippen molar-refractivity contribution in [2.45, 2.75) is 38.6 Å². The van der Waals surface area contributed by atoms with Crippen LogP contribution in [0.1, 0.15) is 31.2 Å². The molecule has 2 heteroatoms. The van der Waals surface area contributed by atoms with Gasteiger partial charge in [-0.05, 0) is 51.3 Å². The van der Waals surface area contributed by atoms with E-state index in [1.165, 1.54) is 43.5 Å². The predicted octanol–water partition coefficient (Wildman–Crippen LogP) is 2.96. The van der Waals surface area contributed by atoms with Crippen molar-refractivity contribution in [2.75, 3.05) is 25.0 Å². The molecule has 1 atom stereocenters. The molecule has 0 radical (unpaired) electrons. The van der Waals surface area contributed by atoms with Gasteiger partial charge in [0.1, 0.15) is 0 Å². The summed E-state index contributed by atoms with van der Waals surface area (Å²) in [5.41, 5.74) is 2.66. The van der Waals surface area contributed by atoms with E-state index in [0.29, 0.717) is 0 Å². The molecule has 0 amide bonds. The Morgan fingerprint density at radius 2 is 2.06 bits per heavy atom. The molecule has 94 valence electrons. The third kappa shape index (κ3) is 3.74. The van der Waals surface area contributed by atoms with Crippen LogP contribution in [0.2, 0.25) is 0 Å². The Hall–Kier alpha value is -1.02. The highest BCUT2D eigenvalue weighted by Crippen LogP contribution is 2.15. The Kier molecular flexibility index (Phi) is 4.43. The zero-order valence-corrected chi connectivity index (χ0v) is 11.1. The Morgan fingerprint density at radius 1 is 1.29 bits per heavy atom. The number of nitrogens with zero attached hydrogens (tertiary/aromatic N) is 1. The van der Waals surface area contributed by atoms with Gasteiger partial charge in [0.15, 0.2) is 0 Å². The van der Waals surface area contributed by atoms with Crippen LogP contribution < -0.4 is 10.2 Å².